The van der Waals surface area contributed by atoms with E-state index < -0.39 is 0 Å². The molecule has 0 aliphatic carbocycles. The molecule has 5 heteroatoms. The molecule has 5 nitrogen and oxygen atoms in total. The van der Waals surface area contributed by atoms with Crippen LogP contribution in [0.2, 0.25) is 0 Å². The monoisotopic (exact) mass is 390 g/mol. The first-order valence-electron chi connectivity index (χ1n) is 9.63. The highest BCUT2D eigenvalue weighted by Gasteiger charge is 2.11. The second kappa shape index (κ2) is 9.24. The number of ketones is 1. The normalized spacial score (nSPS) is 11.0. The van der Waals surface area contributed by atoms with E-state index in [-0.39, 0.29) is 5.78 Å². The van der Waals surface area contributed by atoms with Crippen LogP contribution in [0.1, 0.15) is 39.7 Å². The summed E-state index contributed by atoms with van der Waals surface area (Å²) in [5, 5.41) is 4.33. The molecule has 0 fully saturated rings. The molecule has 2 aromatic carbocycles. The highest BCUT2D eigenvalue weighted by molar-refractivity contribution is 6.07. The molecule has 0 bridgehead atoms. The molecule has 1 heterocycles. The molecule has 3 aromatic rings. The molecule has 0 saturated carbocycles. The van der Waals surface area contributed by atoms with Crippen molar-refractivity contribution < 1.29 is 14.3 Å². The average Bonchev–Trinajstić information content (AvgIpc) is 3.12. The van der Waals surface area contributed by atoms with Crippen LogP contribution in [0, 0.1) is 13.8 Å². The molecule has 0 amide bonds. The number of para-hydroxylation sites is 1. The van der Waals surface area contributed by atoms with Crippen molar-refractivity contribution in [2.45, 2.75) is 33.9 Å². The van der Waals surface area contributed by atoms with E-state index in [1.807, 2.05) is 69.3 Å². The molecule has 0 unspecified atom stereocenters. The van der Waals surface area contributed by atoms with Gasteiger partial charge in [0.25, 0.3) is 0 Å². The van der Waals surface area contributed by atoms with Crippen molar-refractivity contribution in [3.05, 3.63) is 82.7 Å². The lowest BCUT2D eigenvalue weighted by atomic mass is 10.1. The molecule has 0 aliphatic heterocycles. The molecule has 150 valence electrons. The van der Waals surface area contributed by atoms with E-state index in [0.717, 1.165) is 40.4 Å². The van der Waals surface area contributed by atoms with E-state index in [1.54, 1.807) is 24.1 Å². The third-order valence-electron chi connectivity index (χ3n) is 4.74. The summed E-state index contributed by atoms with van der Waals surface area (Å²) in [4.78, 5) is 12.5. The molecule has 0 saturated heterocycles. The smallest absolute Gasteiger partial charge is 0.189 e. The van der Waals surface area contributed by atoms with Crippen LogP contribution in [-0.2, 0) is 13.2 Å². The predicted molar refractivity (Wildman–Crippen MR) is 115 cm³/mol. The third-order valence-corrected chi connectivity index (χ3v) is 4.74. The summed E-state index contributed by atoms with van der Waals surface area (Å²) in [5.41, 5.74) is 4.27. The lowest BCUT2D eigenvalue weighted by Crippen LogP contribution is -2.00. The highest BCUT2D eigenvalue weighted by atomic mass is 16.5. The fraction of sp³-hybridized carbons (Fsp3) is 0.250. The molecule has 0 radical (unpaired) electrons. The van der Waals surface area contributed by atoms with Gasteiger partial charge in [-0.3, -0.25) is 9.48 Å². The van der Waals surface area contributed by atoms with Crippen molar-refractivity contribution in [1.29, 1.82) is 0 Å². The van der Waals surface area contributed by atoms with Crippen LogP contribution >= 0.6 is 0 Å². The van der Waals surface area contributed by atoms with Crippen molar-refractivity contribution in [2.24, 2.45) is 0 Å². The van der Waals surface area contributed by atoms with Gasteiger partial charge in [-0.15, -0.1) is 0 Å². The van der Waals surface area contributed by atoms with E-state index in [2.05, 4.69) is 5.10 Å². The second-order valence-electron chi connectivity index (χ2n) is 6.81. The quantitative estimate of drug-likeness (QED) is 0.401. The van der Waals surface area contributed by atoms with Crippen LogP contribution < -0.4 is 9.47 Å². The van der Waals surface area contributed by atoms with Gasteiger partial charge in [0.05, 0.1) is 18.4 Å². The van der Waals surface area contributed by atoms with Crippen molar-refractivity contribution in [1.82, 2.24) is 9.78 Å². The number of hydrogen-bond donors (Lipinski definition) is 0. The van der Waals surface area contributed by atoms with Crippen molar-refractivity contribution >= 4 is 11.9 Å². The van der Waals surface area contributed by atoms with E-state index in [4.69, 9.17) is 9.47 Å². The lowest BCUT2D eigenvalue weighted by molar-refractivity contribution is 0.104. The Hall–Kier alpha value is -3.34. The number of aryl methyl sites for hydroxylation is 3. The Morgan fingerprint density at radius 3 is 2.62 bits per heavy atom. The Balaban J connectivity index is 1.77. The molecule has 0 aliphatic rings. The molecule has 3 rings (SSSR count). The van der Waals surface area contributed by atoms with Crippen LogP contribution in [0.15, 0.2) is 54.7 Å². The number of allylic oxidation sites excluding steroid dienone is 1. The van der Waals surface area contributed by atoms with Crippen LogP contribution in [-0.4, -0.2) is 22.7 Å². The van der Waals surface area contributed by atoms with Gasteiger partial charge in [0.1, 0.15) is 18.1 Å². The van der Waals surface area contributed by atoms with Crippen LogP contribution in [0.25, 0.3) is 6.08 Å². The zero-order valence-corrected chi connectivity index (χ0v) is 17.3. The number of nitrogens with zero attached hydrogens (tertiary/aromatic N) is 2. The number of hydrogen-bond acceptors (Lipinski definition) is 4. The van der Waals surface area contributed by atoms with Crippen LogP contribution in [0.4, 0.5) is 0 Å². The fourth-order valence-electron chi connectivity index (χ4n) is 3.07. The topological polar surface area (TPSA) is 53.4 Å². The number of carbonyl (C=O) groups is 1. The maximum Gasteiger partial charge on any atom is 0.189 e. The lowest BCUT2D eigenvalue weighted by Gasteiger charge is -2.12. The maximum atomic E-state index is 12.5. The number of methoxy groups -OCH3 is 1. The summed E-state index contributed by atoms with van der Waals surface area (Å²) in [6.45, 7) is 6.97. The highest BCUT2D eigenvalue weighted by Crippen LogP contribution is 2.24. The van der Waals surface area contributed by atoms with E-state index in [0.29, 0.717) is 12.2 Å². The van der Waals surface area contributed by atoms with Gasteiger partial charge in [0.15, 0.2) is 5.78 Å². The van der Waals surface area contributed by atoms with Gasteiger partial charge in [-0.05, 0) is 56.2 Å². The second-order valence-corrected chi connectivity index (χ2v) is 6.81. The first-order valence-corrected chi connectivity index (χ1v) is 9.63. The minimum absolute atomic E-state index is 0.0595. The van der Waals surface area contributed by atoms with Gasteiger partial charge in [-0.25, -0.2) is 0 Å². The molecule has 1 aromatic heterocycles. The Morgan fingerprint density at radius 1 is 1.14 bits per heavy atom. The Kier molecular flexibility index (Phi) is 6.50. The van der Waals surface area contributed by atoms with Gasteiger partial charge in [-0.1, -0.05) is 30.3 Å². The molecular weight excluding hydrogens is 364 g/mol. The third kappa shape index (κ3) is 4.93. The van der Waals surface area contributed by atoms with E-state index in [1.165, 1.54) is 0 Å². The average molecular weight is 390 g/mol. The first-order chi connectivity index (χ1) is 14.0. The molecular formula is C24H26N2O3. The SMILES string of the molecule is CCn1cc(C(=O)/C=C/c2ccc(OC)c(COc3ccccc3C)c2)c(C)n1. The first kappa shape index (κ1) is 20.4. The van der Waals surface area contributed by atoms with Crippen molar-refractivity contribution in [3.8, 4) is 11.5 Å². The largest absolute Gasteiger partial charge is 0.496 e. The summed E-state index contributed by atoms with van der Waals surface area (Å²) in [7, 11) is 1.64. The molecule has 0 spiro atoms. The Bertz CT molecular complexity index is 1030. The van der Waals surface area contributed by atoms with Gasteiger partial charge in [0, 0.05) is 18.3 Å². The number of benzene rings is 2. The van der Waals surface area contributed by atoms with Gasteiger partial charge in [0.2, 0.25) is 0 Å². The Labute approximate surface area is 171 Å². The zero-order chi connectivity index (χ0) is 20.8. The predicted octanol–water partition coefficient (Wildman–Crippen LogP) is 5.00. The fourth-order valence-corrected chi connectivity index (χ4v) is 3.07. The minimum atomic E-state index is -0.0595. The van der Waals surface area contributed by atoms with Gasteiger partial charge in [-0.2, -0.15) is 5.10 Å². The Morgan fingerprint density at radius 2 is 1.93 bits per heavy atom. The summed E-state index contributed by atoms with van der Waals surface area (Å²) < 4.78 is 13.2. The zero-order valence-electron chi connectivity index (χ0n) is 17.3. The minimum Gasteiger partial charge on any atom is -0.496 e. The summed E-state index contributed by atoms with van der Waals surface area (Å²) in [6, 6.07) is 13.7. The van der Waals surface area contributed by atoms with Gasteiger partial charge >= 0.3 is 0 Å². The molecule has 0 N–H and O–H groups in total. The summed E-state index contributed by atoms with van der Waals surface area (Å²) in [5.74, 6) is 1.53. The van der Waals surface area contributed by atoms with Crippen LogP contribution in [0.5, 0.6) is 11.5 Å². The number of ether oxygens (including phenoxy) is 2. The van der Waals surface area contributed by atoms with E-state index >= 15 is 0 Å². The van der Waals surface area contributed by atoms with Crippen molar-refractivity contribution in [3.63, 3.8) is 0 Å². The maximum absolute atomic E-state index is 12.5. The molecule has 29 heavy (non-hydrogen) atoms. The molecule has 0 atom stereocenters. The van der Waals surface area contributed by atoms with Crippen molar-refractivity contribution in [2.75, 3.05) is 7.11 Å². The number of rotatable bonds is 8. The number of carbonyl (C=O) groups excluding carboxylic acids is 1. The van der Waals surface area contributed by atoms with E-state index in [9.17, 15) is 4.79 Å². The summed E-state index contributed by atoms with van der Waals surface area (Å²) >= 11 is 0. The van der Waals surface area contributed by atoms with Gasteiger partial charge < -0.3 is 9.47 Å². The number of aromatic nitrogens is 2. The standard InChI is InChI=1S/C24H26N2O3/c1-5-26-15-21(18(3)25-26)22(27)12-10-19-11-13-24(28-4)20(14-19)16-29-23-9-7-6-8-17(23)2/h6-15H,5,16H2,1-4H3/b12-10+. The van der Waals surface area contributed by atoms with Crippen LogP contribution in [0.3, 0.4) is 0 Å². The summed E-state index contributed by atoms with van der Waals surface area (Å²) in [6.07, 6.45) is 5.18.